The summed E-state index contributed by atoms with van der Waals surface area (Å²) in [5.41, 5.74) is 5.44. The fraction of sp³-hybridized carbons (Fsp3) is 0.0385. The van der Waals surface area contributed by atoms with Gasteiger partial charge in [-0.25, -0.2) is 4.98 Å². The largest absolute Gasteiger partial charge is 0.456 e. The molecule has 0 fully saturated rings. The smallest absolute Gasteiger partial charge is 0.425 e. The Hall–Kier alpha value is -4.05. The lowest BCUT2D eigenvalue weighted by Gasteiger charge is -2.26. The number of pyridine rings is 3. The van der Waals surface area contributed by atoms with Crippen LogP contribution >= 0.6 is 0 Å². The molecule has 1 unspecified atom stereocenters. The fourth-order valence-electron chi connectivity index (χ4n) is 6.29. The number of ether oxygens (including phenoxy) is 1. The van der Waals surface area contributed by atoms with E-state index < -0.39 is 5.66 Å². The molecule has 0 radical (unpaired) electrons. The standard InChI is InChI=1S/C26H13N3O/c1-3-15-6-5-14-7-9-18-22-20(14)24(15)28(11-1)26(22)23-19(30-18)10-8-16-13-27-17-4-2-12-29(26)25(17)21(16)23/h1-13H/q+2. The van der Waals surface area contributed by atoms with Gasteiger partial charge in [-0.2, -0.15) is 0 Å². The summed E-state index contributed by atoms with van der Waals surface area (Å²) in [5, 5.41) is 6.19. The van der Waals surface area contributed by atoms with Crippen LogP contribution in [0.15, 0.2) is 79.3 Å². The summed E-state index contributed by atoms with van der Waals surface area (Å²) in [6.07, 6.45) is 6.42. The van der Waals surface area contributed by atoms with Gasteiger partial charge in [0.15, 0.2) is 23.5 Å². The minimum absolute atomic E-state index is 0.490. The first-order valence-corrected chi connectivity index (χ1v) is 10.2. The monoisotopic (exact) mass is 383 g/mol. The minimum Gasteiger partial charge on any atom is -0.456 e. The van der Waals surface area contributed by atoms with Gasteiger partial charge in [-0.3, -0.25) is 0 Å². The van der Waals surface area contributed by atoms with Crippen molar-refractivity contribution in [3.63, 3.8) is 0 Å². The van der Waals surface area contributed by atoms with Gasteiger partial charge in [-0.1, -0.05) is 12.1 Å². The second-order valence-corrected chi connectivity index (χ2v) is 8.47. The SMILES string of the molecule is c1cc2ccc3ccc4c5c3c2[n+](c1)C51c2c(ccc3cnc5ccc[n+]1c5c23)O4. The zero-order chi connectivity index (χ0) is 19.2. The van der Waals surface area contributed by atoms with Crippen LogP contribution in [0.5, 0.6) is 11.5 Å². The molecule has 6 aromatic rings. The Labute approximate surface area is 170 Å². The van der Waals surface area contributed by atoms with Crippen LogP contribution in [0.4, 0.5) is 0 Å². The maximum atomic E-state index is 6.56. The first-order chi connectivity index (χ1) is 14.9. The molecule has 30 heavy (non-hydrogen) atoms. The predicted molar refractivity (Wildman–Crippen MR) is 113 cm³/mol. The van der Waals surface area contributed by atoms with Gasteiger partial charge >= 0.3 is 5.66 Å². The summed E-state index contributed by atoms with van der Waals surface area (Å²) < 4.78 is 11.4. The molecule has 0 N–H and O–H groups in total. The molecule has 1 atom stereocenters. The first-order valence-electron chi connectivity index (χ1n) is 10.2. The molecule has 0 aliphatic carbocycles. The van der Waals surface area contributed by atoms with E-state index in [4.69, 9.17) is 9.72 Å². The van der Waals surface area contributed by atoms with Gasteiger partial charge in [0, 0.05) is 29.1 Å². The molecule has 0 amide bonds. The third-order valence-electron chi connectivity index (χ3n) is 7.27. The van der Waals surface area contributed by atoms with Crippen molar-refractivity contribution in [3.8, 4) is 11.5 Å². The van der Waals surface area contributed by atoms with Gasteiger partial charge in [0.05, 0.1) is 10.8 Å². The van der Waals surface area contributed by atoms with Crippen molar-refractivity contribution < 1.29 is 13.9 Å². The van der Waals surface area contributed by atoms with Crippen molar-refractivity contribution >= 4 is 43.5 Å². The Morgan fingerprint density at radius 2 is 1.33 bits per heavy atom. The van der Waals surface area contributed by atoms with Crippen molar-refractivity contribution in [1.82, 2.24) is 4.98 Å². The van der Waals surface area contributed by atoms with Crippen LogP contribution in [0.25, 0.3) is 43.5 Å². The van der Waals surface area contributed by atoms with Gasteiger partial charge in [0.2, 0.25) is 11.0 Å². The van der Waals surface area contributed by atoms with E-state index in [1.807, 2.05) is 6.20 Å². The van der Waals surface area contributed by atoms with Gasteiger partial charge in [0.25, 0.3) is 0 Å². The molecule has 9 rings (SSSR count). The van der Waals surface area contributed by atoms with Crippen molar-refractivity contribution in [2.24, 2.45) is 0 Å². The van der Waals surface area contributed by atoms with E-state index in [2.05, 4.69) is 82.2 Å². The Morgan fingerprint density at radius 3 is 2.20 bits per heavy atom. The average molecular weight is 383 g/mol. The second-order valence-electron chi connectivity index (χ2n) is 8.47. The zero-order valence-corrected chi connectivity index (χ0v) is 15.8. The Morgan fingerprint density at radius 1 is 0.667 bits per heavy atom. The minimum atomic E-state index is -0.490. The van der Waals surface area contributed by atoms with E-state index in [1.54, 1.807) is 0 Å². The van der Waals surface area contributed by atoms with E-state index in [0.29, 0.717) is 0 Å². The molecule has 4 heteroatoms. The highest BCUT2D eigenvalue weighted by Gasteiger charge is 2.69. The van der Waals surface area contributed by atoms with E-state index in [0.717, 1.165) is 22.4 Å². The summed E-state index contributed by atoms with van der Waals surface area (Å²) in [6.45, 7) is 0. The Kier molecular flexibility index (Phi) is 1.92. The highest BCUT2D eigenvalue weighted by Crippen LogP contribution is 2.56. The Balaban J connectivity index is 1.69. The lowest BCUT2D eigenvalue weighted by Crippen LogP contribution is -2.72. The molecule has 3 aromatic heterocycles. The van der Waals surface area contributed by atoms with Crippen molar-refractivity contribution in [3.05, 3.63) is 90.4 Å². The van der Waals surface area contributed by atoms with Crippen LogP contribution in [0.3, 0.4) is 0 Å². The first kappa shape index (κ1) is 14.0. The number of hydrogen-bond acceptors (Lipinski definition) is 2. The highest BCUT2D eigenvalue weighted by atomic mass is 16.5. The van der Waals surface area contributed by atoms with Gasteiger partial charge < -0.3 is 4.74 Å². The number of benzene rings is 3. The normalized spacial score (nSPS) is 19.1. The third kappa shape index (κ3) is 1.17. The zero-order valence-electron chi connectivity index (χ0n) is 15.8. The third-order valence-corrected chi connectivity index (χ3v) is 7.27. The molecular formula is C26H13N3O+2. The molecule has 3 aromatic carbocycles. The average Bonchev–Trinajstić information content (AvgIpc) is 3.29. The van der Waals surface area contributed by atoms with Crippen LogP contribution in [-0.4, -0.2) is 4.98 Å². The molecular weight excluding hydrogens is 370 g/mol. The van der Waals surface area contributed by atoms with Crippen molar-refractivity contribution in [1.29, 1.82) is 0 Å². The maximum absolute atomic E-state index is 6.56. The van der Waals surface area contributed by atoms with Crippen LogP contribution in [0.2, 0.25) is 0 Å². The molecule has 3 aliphatic heterocycles. The van der Waals surface area contributed by atoms with Gasteiger partial charge in [0.1, 0.15) is 17.0 Å². The van der Waals surface area contributed by atoms with Crippen LogP contribution in [0, 0.1) is 0 Å². The van der Waals surface area contributed by atoms with Crippen LogP contribution < -0.4 is 13.9 Å². The summed E-state index contributed by atoms with van der Waals surface area (Å²) in [6, 6.07) is 21.6. The van der Waals surface area contributed by atoms with Crippen LogP contribution in [-0.2, 0) is 5.66 Å². The molecule has 1 spiro atoms. The van der Waals surface area contributed by atoms with Crippen molar-refractivity contribution in [2.75, 3.05) is 0 Å². The Bertz CT molecular complexity index is 1700. The molecule has 0 saturated carbocycles. The molecule has 0 saturated heterocycles. The lowest BCUT2D eigenvalue weighted by atomic mass is 9.86. The van der Waals surface area contributed by atoms with Crippen LogP contribution in [0.1, 0.15) is 11.1 Å². The number of aromatic nitrogens is 3. The fourth-order valence-corrected chi connectivity index (χ4v) is 6.29. The summed E-state index contributed by atoms with van der Waals surface area (Å²) in [5.74, 6) is 1.87. The van der Waals surface area contributed by atoms with E-state index in [-0.39, 0.29) is 0 Å². The lowest BCUT2D eigenvalue weighted by molar-refractivity contribution is -0.945. The molecule has 0 bridgehead atoms. The predicted octanol–water partition coefficient (Wildman–Crippen LogP) is 4.30. The summed E-state index contributed by atoms with van der Waals surface area (Å²) in [7, 11) is 0. The summed E-state index contributed by atoms with van der Waals surface area (Å²) in [4.78, 5) is 4.78. The highest BCUT2D eigenvalue weighted by molar-refractivity contribution is 6.12. The van der Waals surface area contributed by atoms with E-state index >= 15 is 0 Å². The van der Waals surface area contributed by atoms with E-state index in [1.165, 1.54) is 43.7 Å². The maximum Gasteiger partial charge on any atom is 0.425 e. The quantitative estimate of drug-likeness (QED) is 0.289. The number of rotatable bonds is 0. The molecule has 6 heterocycles. The number of hydrogen-bond donors (Lipinski definition) is 0. The second kappa shape index (κ2) is 4.12. The molecule has 3 aliphatic rings. The summed E-state index contributed by atoms with van der Waals surface area (Å²) >= 11 is 0. The van der Waals surface area contributed by atoms with Gasteiger partial charge in [-0.05, 0) is 41.8 Å². The van der Waals surface area contributed by atoms with Crippen molar-refractivity contribution in [2.45, 2.75) is 5.66 Å². The molecule has 136 valence electrons. The number of nitrogens with zero attached hydrogens (tertiary/aromatic N) is 3. The topological polar surface area (TPSA) is 29.9 Å². The van der Waals surface area contributed by atoms with Gasteiger partial charge in [-0.15, -0.1) is 9.13 Å². The molecule has 4 nitrogen and oxygen atoms in total. The van der Waals surface area contributed by atoms with E-state index in [9.17, 15) is 0 Å².